The van der Waals surface area contributed by atoms with E-state index in [4.69, 9.17) is 0 Å². The predicted octanol–water partition coefficient (Wildman–Crippen LogP) is -1.19. The van der Waals surface area contributed by atoms with Gasteiger partial charge in [-0.25, -0.2) is 5.10 Å². The van der Waals surface area contributed by atoms with Crippen molar-refractivity contribution >= 4 is 10.9 Å². The number of nitrogens with zero attached hydrogens (tertiary/aromatic N) is 1. The fraction of sp³-hybridized carbons (Fsp3) is 0.125. The standard InChI is InChI=1S/C8H6FN2.K/c1-5-2-6-4-10-11-8(6)3-7(5)9;/h3-4H,1H3,(H,10,11);/q-1;+1. The van der Waals surface area contributed by atoms with E-state index >= 15 is 0 Å². The monoisotopic (exact) mass is 188 g/mol. The number of benzene rings is 1. The van der Waals surface area contributed by atoms with E-state index in [2.05, 4.69) is 16.3 Å². The Morgan fingerprint density at radius 3 is 3.08 bits per heavy atom. The minimum atomic E-state index is -0.248. The summed E-state index contributed by atoms with van der Waals surface area (Å²) in [5.74, 6) is -0.248. The van der Waals surface area contributed by atoms with E-state index in [-0.39, 0.29) is 57.2 Å². The molecule has 12 heavy (non-hydrogen) atoms. The average Bonchev–Trinajstić information content (AvgIpc) is 2.36. The van der Waals surface area contributed by atoms with Crippen LogP contribution < -0.4 is 51.4 Å². The number of halogens is 1. The van der Waals surface area contributed by atoms with Crippen molar-refractivity contribution in [1.29, 1.82) is 0 Å². The minimum absolute atomic E-state index is 0. The molecular weight excluding hydrogens is 182 g/mol. The molecular formula is C8H6FKN2. The smallest absolute Gasteiger partial charge is 0.328 e. The Morgan fingerprint density at radius 1 is 1.58 bits per heavy atom. The molecule has 0 amide bonds. The summed E-state index contributed by atoms with van der Waals surface area (Å²) in [5.41, 5.74) is 1.21. The Balaban J connectivity index is 0.000000720. The van der Waals surface area contributed by atoms with E-state index in [1.165, 1.54) is 6.07 Å². The molecule has 0 radical (unpaired) electrons. The molecule has 0 aliphatic heterocycles. The maximum absolute atomic E-state index is 12.8. The normalized spacial score (nSPS) is 9.83. The summed E-state index contributed by atoms with van der Waals surface area (Å²) in [4.78, 5) is 0. The second kappa shape index (κ2) is 3.98. The van der Waals surface area contributed by atoms with Gasteiger partial charge in [0.15, 0.2) is 0 Å². The molecule has 2 nitrogen and oxygen atoms in total. The van der Waals surface area contributed by atoms with Crippen molar-refractivity contribution < 1.29 is 55.8 Å². The van der Waals surface area contributed by atoms with Gasteiger partial charge in [-0.2, -0.15) is 0 Å². The van der Waals surface area contributed by atoms with Gasteiger partial charge >= 0.3 is 51.4 Å². The molecule has 0 spiro atoms. The topological polar surface area (TPSA) is 28.7 Å². The van der Waals surface area contributed by atoms with Crippen molar-refractivity contribution in [2.75, 3.05) is 0 Å². The van der Waals surface area contributed by atoms with Crippen molar-refractivity contribution in [2.24, 2.45) is 0 Å². The van der Waals surface area contributed by atoms with Gasteiger partial charge in [-0.05, 0) is 11.7 Å². The number of hydrogen-bond acceptors (Lipinski definition) is 1. The SMILES string of the molecule is Cc1[c-]c2cn[nH]c2cc1F.[K+]. The number of hydrogen-bond donors (Lipinski definition) is 1. The first-order valence-corrected chi connectivity index (χ1v) is 3.29. The van der Waals surface area contributed by atoms with Crippen LogP contribution in [0.25, 0.3) is 10.9 Å². The molecule has 0 unspecified atom stereocenters. The van der Waals surface area contributed by atoms with E-state index in [0.29, 0.717) is 11.1 Å². The largest absolute Gasteiger partial charge is 1.00 e. The van der Waals surface area contributed by atoms with E-state index in [0.717, 1.165) is 5.39 Å². The van der Waals surface area contributed by atoms with E-state index < -0.39 is 0 Å². The molecule has 1 heterocycles. The molecule has 4 heteroatoms. The molecule has 1 aromatic heterocycles. The van der Waals surface area contributed by atoms with Gasteiger partial charge in [0, 0.05) is 5.82 Å². The van der Waals surface area contributed by atoms with Crippen molar-refractivity contribution in [3.63, 3.8) is 0 Å². The molecule has 0 fully saturated rings. The third kappa shape index (κ3) is 1.77. The van der Waals surface area contributed by atoms with Gasteiger partial charge in [-0.15, -0.1) is 11.5 Å². The second-order valence-corrected chi connectivity index (χ2v) is 2.44. The van der Waals surface area contributed by atoms with Gasteiger partial charge in [0.2, 0.25) is 0 Å². The van der Waals surface area contributed by atoms with Crippen molar-refractivity contribution in [3.8, 4) is 0 Å². The van der Waals surface area contributed by atoms with Gasteiger partial charge in [0.1, 0.15) is 0 Å². The molecule has 0 atom stereocenters. The third-order valence-corrected chi connectivity index (χ3v) is 1.62. The Labute approximate surface area is 112 Å². The average molecular weight is 188 g/mol. The number of rotatable bonds is 0. The zero-order valence-electron chi connectivity index (χ0n) is 6.98. The maximum Gasteiger partial charge on any atom is 1.00 e. The molecule has 2 aromatic rings. The number of fused-ring (bicyclic) bond motifs is 1. The van der Waals surface area contributed by atoms with Crippen LogP contribution in [0.5, 0.6) is 0 Å². The molecule has 1 aromatic carbocycles. The Hall–Kier alpha value is 0.256. The fourth-order valence-electron chi connectivity index (χ4n) is 1.00. The first-order valence-electron chi connectivity index (χ1n) is 3.29. The van der Waals surface area contributed by atoms with E-state index in [9.17, 15) is 4.39 Å². The van der Waals surface area contributed by atoms with Crippen LogP contribution in [0.1, 0.15) is 5.56 Å². The molecule has 0 aliphatic rings. The first-order chi connectivity index (χ1) is 5.27. The summed E-state index contributed by atoms with van der Waals surface area (Å²) in [5, 5.41) is 7.25. The van der Waals surface area contributed by atoms with Gasteiger partial charge in [-0.3, -0.25) is 4.39 Å². The first kappa shape index (κ1) is 10.3. The van der Waals surface area contributed by atoms with Gasteiger partial charge in [0.05, 0.1) is 0 Å². The fourth-order valence-corrected chi connectivity index (χ4v) is 1.00. The van der Waals surface area contributed by atoms with Crippen LogP contribution in [0.4, 0.5) is 4.39 Å². The minimum Gasteiger partial charge on any atom is -0.328 e. The zero-order valence-corrected chi connectivity index (χ0v) is 10.1. The van der Waals surface area contributed by atoms with Crippen LogP contribution in [0, 0.1) is 18.8 Å². The number of aromatic nitrogens is 2. The summed E-state index contributed by atoms with van der Waals surface area (Å²) in [7, 11) is 0. The van der Waals surface area contributed by atoms with Crippen LogP contribution >= 0.6 is 0 Å². The van der Waals surface area contributed by atoms with Crippen molar-refractivity contribution in [1.82, 2.24) is 10.2 Å². The summed E-state index contributed by atoms with van der Waals surface area (Å²) >= 11 is 0. The summed E-state index contributed by atoms with van der Waals surface area (Å²) in [6, 6.07) is 4.29. The Bertz CT molecular complexity index is 361. The van der Waals surface area contributed by atoms with Gasteiger partial charge < -0.3 is 5.10 Å². The molecule has 0 saturated heterocycles. The molecule has 2 rings (SSSR count). The van der Waals surface area contributed by atoms with Crippen LogP contribution in [-0.4, -0.2) is 10.2 Å². The zero-order chi connectivity index (χ0) is 7.84. The van der Waals surface area contributed by atoms with Gasteiger partial charge in [0.25, 0.3) is 0 Å². The third-order valence-electron chi connectivity index (χ3n) is 1.62. The molecule has 1 N–H and O–H groups in total. The summed E-state index contributed by atoms with van der Waals surface area (Å²) in [6.07, 6.45) is 1.63. The molecule has 0 bridgehead atoms. The van der Waals surface area contributed by atoms with Crippen LogP contribution in [0.2, 0.25) is 0 Å². The van der Waals surface area contributed by atoms with E-state index in [1.807, 2.05) is 0 Å². The number of H-pyrrole nitrogens is 1. The summed E-state index contributed by atoms with van der Waals surface area (Å²) in [6.45, 7) is 1.68. The summed E-state index contributed by atoms with van der Waals surface area (Å²) < 4.78 is 12.8. The molecule has 0 saturated carbocycles. The maximum atomic E-state index is 12.8. The number of nitrogens with one attached hydrogen (secondary N) is 1. The second-order valence-electron chi connectivity index (χ2n) is 2.44. The Morgan fingerprint density at radius 2 is 2.33 bits per heavy atom. The van der Waals surface area contributed by atoms with E-state index in [1.54, 1.807) is 13.1 Å². The van der Waals surface area contributed by atoms with Crippen LogP contribution in [0.3, 0.4) is 0 Å². The van der Waals surface area contributed by atoms with Crippen LogP contribution in [0.15, 0.2) is 12.3 Å². The van der Waals surface area contributed by atoms with Crippen molar-refractivity contribution in [3.05, 3.63) is 29.7 Å². The molecule has 0 aliphatic carbocycles. The number of aryl methyl sites for hydroxylation is 1. The Kier molecular flexibility index (Phi) is 3.43. The van der Waals surface area contributed by atoms with Gasteiger partial charge in [-0.1, -0.05) is 18.6 Å². The molecule has 56 valence electrons. The van der Waals surface area contributed by atoms with Crippen molar-refractivity contribution in [2.45, 2.75) is 6.92 Å². The van der Waals surface area contributed by atoms with Crippen LogP contribution in [-0.2, 0) is 0 Å². The predicted molar refractivity (Wildman–Crippen MR) is 39.6 cm³/mol. The number of aromatic amines is 1. The quantitative estimate of drug-likeness (QED) is 0.409.